The molecule has 1 saturated heterocycles. The van der Waals surface area contributed by atoms with Crippen molar-refractivity contribution in [2.45, 2.75) is 25.7 Å². The number of para-hydroxylation sites is 1. The Kier molecular flexibility index (Phi) is 5.26. The SMILES string of the molecule is C=C/C=C(\C=C/C)C(=O)N1CCC(c2nc3ccccc3s2)CC1. The van der Waals surface area contributed by atoms with Crippen LogP contribution in [0, 0.1) is 0 Å². The summed E-state index contributed by atoms with van der Waals surface area (Å²) in [4.78, 5) is 19.3. The second-order valence-electron chi connectivity index (χ2n) is 5.94. The van der Waals surface area contributed by atoms with Crippen molar-refractivity contribution in [2.24, 2.45) is 0 Å². The lowest BCUT2D eigenvalue weighted by atomic mass is 9.97. The van der Waals surface area contributed by atoms with Gasteiger partial charge in [0.2, 0.25) is 0 Å². The van der Waals surface area contributed by atoms with Crippen molar-refractivity contribution < 1.29 is 4.79 Å². The number of carbonyl (C=O) groups excluding carboxylic acids is 1. The molecule has 4 heteroatoms. The van der Waals surface area contributed by atoms with Crippen molar-refractivity contribution in [3.63, 3.8) is 0 Å². The number of benzene rings is 1. The number of carbonyl (C=O) groups is 1. The van der Waals surface area contributed by atoms with E-state index in [9.17, 15) is 4.79 Å². The van der Waals surface area contributed by atoms with Crippen molar-refractivity contribution in [3.05, 3.63) is 65.7 Å². The number of allylic oxidation sites excluding steroid dienone is 3. The summed E-state index contributed by atoms with van der Waals surface area (Å²) >= 11 is 1.79. The van der Waals surface area contributed by atoms with Gasteiger partial charge in [0.25, 0.3) is 5.91 Å². The Bertz CT molecular complexity index is 762. The Balaban J connectivity index is 1.68. The van der Waals surface area contributed by atoms with Gasteiger partial charge in [0.15, 0.2) is 0 Å². The van der Waals surface area contributed by atoms with Crippen LogP contribution in [0.1, 0.15) is 30.7 Å². The first-order valence-electron chi connectivity index (χ1n) is 8.33. The fourth-order valence-electron chi connectivity index (χ4n) is 3.08. The predicted molar refractivity (Wildman–Crippen MR) is 101 cm³/mol. The Labute approximate surface area is 147 Å². The summed E-state index contributed by atoms with van der Waals surface area (Å²) in [6.45, 7) is 7.18. The maximum atomic E-state index is 12.6. The number of aromatic nitrogens is 1. The Hall–Kier alpha value is -2.20. The van der Waals surface area contributed by atoms with Crippen molar-refractivity contribution in [3.8, 4) is 0 Å². The zero-order valence-electron chi connectivity index (χ0n) is 13.9. The summed E-state index contributed by atoms with van der Waals surface area (Å²) in [5, 5.41) is 1.21. The number of thiazole rings is 1. The third kappa shape index (κ3) is 3.49. The van der Waals surface area contributed by atoms with Crippen LogP contribution in [0.2, 0.25) is 0 Å². The molecule has 0 bridgehead atoms. The van der Waals surface area contributed by atoms with Crippen LogP contribution < -0.4 is 0 Å². The van der Waals surface area contributed by atoms with Gasteiger partial charge in [-0.05, 0) is 31.9 Å². The topological polar surface area (TPSA) is 33.2 Å². The van der Waals surface area contributed by atoms with Gasteiger partial charge in [-0.1, -0.05) is 43.0 Å². The first-order chi connectivity index (χ1) is 11.7. The molecule has 0 N–H and O–H groups in total. The summed E-state index contributed by atoms with van der Waals surface area (Å²) in [5.74, 6) is 0.552. The number of rotatable bonds is 4. The first-order valence-corrected chi connectivity index (χ1v) is 9.14. The standard InChI is InChI=1S/C20H22N2OS/c1-3-7-16(8-4-2)20(23)22-13-11-15(12-14-22)19-21-17-9-5-6-10-18(17)24-19/h3-10,15H,1,11-14H2,2H3/b8-4-,16-7+. The fourth-order valence-corrected chi connectivity index (χ4v) is 4.22. The average molecular weight is 338 g/mol. The van der Waals surface area contributed by atoms with Crippen LogP contribution in [-0.2, 0) is 4.79 Å². The molecule has 0 spiro atoms. The predicted octanol–water partition coefficient (Wildman–Crippen LogP) is 4.69. The van der Waals surface area contributed by atoms with Crippen LogP contribution in [-0.4, -0.2) is 28.9 Å². The molecule has 1 aliphatic rings. The van der Waals surface area contributed by atoms with Gasteiger partial charge in [0.1, 0.15) is 0 Å². The van der Waals surface area contributed by atoms with E-state index in [1.54, 1.807) is 23.5 Å². The quantitative estimate of drug-likeness (QED) is 0.598. The lowest BCUT2D eigenvalue weighted by molar-refractivity contribution is -0.127. The molecule has 0 saturated carbocycles. The van der Waals surface area contributed by atoms with E-state index >= 15 is 0 Å². The minimum atomic E-state index is 0.0933. The van der Waals surface area contributed by atoms with Gasteiger partial charge in [0, 0.05) is 24.6 Å². The van der Waals surface area contributed by atoms with Gasteiger partial charge >= 0.3 is 0 Å². The van der Waals surface area contributed by atoms with Gasteiger partial charge in [-0.25, -0.2) is 4.98 Å². The summed E-state index contributed by atoms with van der Waals surface area (Å²) in [7, 11) is 0. The van der Waals surface area contributed by atoms with E-state index in [4.69, 9.17) is 4.98 Å². The number of nitrogens with zero attached hydrogens (tertiary/aromatic N) is 2. The molecular formula is C20H22N2OS. The monoisotopic (exact) mass is 338 g/mol. The second kappa shape index (κ2) is 7.58. The number of fused-ring (bicyclic) bond motifs is 1. The molecule has 1 aromatic heterocycles. The largest absolute Gasteiger partial charge is 0.339 e. The summed E-state index contributed by atoms with van der Waals surface area (Å²) in [6.07, 6.45) is 9.14. The van der Waals surface area contributed by atoms with E-state index in [0.29, 0.717) is 11.5 Å². The van der Waals surface area contributed by atoms with Crippen LogP contribution >= 0.6 is 11.3 Å². The van der Waals surface area contributed by atoms with Crippen molar-refractivity contribution in [1.29, 1.82) is 0 Å². The van der Waals surface area contributed by atoms with E-state index in [2.05, 4.69) is 24.8 Å². The normalized spacial score (nSPS) is 16.9. The highest BCUT2D eigenvalue weighted by atomic mass is 32.1. The number of hydrogen-bond acceptors (Lipinski definition) is 3. The maximum Gasteiger partial charge on any atom is 0.253 e. The number of likely N-dealkylation sites (tertiary alicyclic amines) is 1. The van der Waals surface area contributed by atoms with E-state index in [0.717, 1.165) is 31.4 Å². The number of amides is 1. The highest BCUT2D eigenvalue weighted by Crippen LogP contribution is 2.34. The van der Waals surface area contributed by atoms with E-state index in [1.165, 1.54) is 9.71 Å². The first kappa shape index (κ1) is 16.7. The molecule has 124 valence electrons. The Morgan fingerprint density at radius 1 is 1.33 bits per heavy atom. The third-order valence-electron chi connectivity index (χ3n) is 4.33. The highest BCUT2D eigenvalue weighted by molar-refractivity contribution is 7.18. The molecule has 0 aliphatic carbocycles. The molecule has 1 aromatic carbocycles. The van der Waals surface area contributed by atoms with Gasteiger partial charge in [-0.3, -0.25) is 4.79 Å². The minimum Gasteiger partial charge on any atom is -0.339 e. The fraction of sp³-hybridized carbons (Fsp3) is 0.300. The molecule has 1 aliphatic heterocycles. The van der Waals surface area contributed by atoms with Crippen molar-refractivity contribution in [2.75, 3.05) is 13.1 Å². The highest BCUT2D eigenvalue weighted by Gasteiger charge is 2.26. The van der Waals surface area contributed by atoms with Crippen LogP contribution in [0.4, 0.5) is 0 Å². The van der Waals surface area contributed by atoms with E-state index < -0.39 is 0 Å². The van der Waals surface area contributed by atoms with E-state index in [-0.39, 0.29) is 5.91 Å². The second-order valence-corrected chi connectivity index (χ2v) is 7.01. The Morgan fingerprint density at radius 2 is 2.08 bits per heavy atom. The van der Waals surface area contributed by atoms with Gasteiger partial charge in [-0.15, -0.1) is 11.3 Å². The smallest absolute Gasteiger partial charge is 0.253 e. The number of hydrogen-bond donors (Lipinski definition) is 0. The Morgan fingerprint density at radius 3 is 2.75 bits per heavy atom. The van der Waals surface area contributed by atoms with Gasteiger partial charge in [-0.2, -0.15) is 0 Å². The van der Waals surface area contributed by atoms with Gasteiger partial charge < -0.3 is 4.90 Å². The molecule has 0 unspecified atom stereocenters. The molecule has 0 atom stereocenters. The zero-order valence-corrected chi connectivity index (χ0v) is 14.8. The summed E-state index contributed by atoms with van der Waals surface area (Å²) in [6, 6.07) is 8.28. The third-order valence-corrected chi connectivity index (χ3v) is 5.53. The van der Waals surface area contributed by atoms with Crippen LogP contribution in [0.15, 0.2) is 60.7 Å². The van der Waals surface area contributed by atoms with Crippen LogP contribution in [0.5, 0.6) is 0 Å². The molecule has 24 heavy (non-hydrogen) atoms. The van der Waals surface area contributed by atoms with Gasteiger partial charge in [0.05, 0.1) is 15.2 Å². The lowest BCUT2D eigenvalue weighted by Crippen LogP contribution is -2.38. The van der Waals surface area contributed by atoms with E-state index in [1.807, 2.05) is 30.0 Å². The molecule has 1 fully saturated rings. The van der Waals surface area contributed by atoms with Crippen molar-refractivity contribution >= 4 is 27.5 Å². The summed E-state index contributed by atoms with van der Waals surface area (Å²) < 4.78 is 1.25. The van der Waals surface area contributed by atoms with Crippen LogP contribution in [0.25, 0.3) is 10.2 Å². The number of piperidine rings is 1. The van der Waals surface area contributed by atoms with Crippen molar-refractivity contribution in [1.82, 2.24) is 9.88 Å². The molecule has 2 aromatic rings. The molecule has 3 rings (SSSR count). The van der Waals surface area contributed by atoms with Crippen LogP contribution in [0.3, 0.4) is 0 Å². The zero-order chi connectivity index (χ0) is 16.9. The molecule has 3 nitrogen and oxygen atoms in total. The summed E-state index contributed by atoms with van der Waals surface area (Å²) in [5.41, 5.74) is 1.78. The molecule has 0 radical (unpaired) electrons. The molecule has 1 amide bonds. The molecule has 2 heterocycles. The lowest BCUT2D eigenvalue weighted by Gasteiger charge is -2.31. The average Bonchev–Trinajstić information content (AvgIpc) is 3.05. The molecular weight excluding hydrogens is 316 g/mol. The minimum absolute atomic E-state index is 0.0933. The maximum absolute atomic E-state index is 12.6.